The molecule has 0 saturated heterocycles. The minimum atomic E-state index is 0.107. The molecule has 0 aliphatic heterocycles. The van der Waals surface area contributed by atoms with E-state index in [1.54, 1.807) is 11.8 Å². The molecule has 0 spiro atoms. The number of unbranched alkanes of at least 4 members (excludes halogenated alkanes) is 1. The Kier molecular flexibility index (Phi) is 9.69. The summed E-state index contributed by atoms with van der Waals surface area (Å²) >= 11 is 6.02. The molecular weight excluding hydrogens is 200 g/mol. The van der Waals surface area contributed by atoms with Crippen LogP contribution in [0.25, 0.3) is 0 Å². The fourth-order valence-corrected chi connectivity index (χ4v) is 2.46. The summed E-state index contributed by atoms with van der Waals surface area (Å²) in [5, 5.41) is 8.80. The molecule has 1 nitrogen and oxygen atoms in total. The first-order valence-corrected chi connectivity index (χ1v) is 6.71. The van der Waals surface area contributed by atoms with Crippen molar-refractivity contribution in [2.24, 2.45) is 5.92 Å². The smallest absolute Gasteiger partial charge is 0.0703 e. The lowest BCUT2D eigenvalue weighted by atomic mass is 10.0. The Bertz CT molecular complexity index is 109. The zero-order valence-electron chi connectivity index (χ0n) is 8.70. The molecule has 13 heavy (non-hydrogen) atoms. The molecule has 0 heterocycles. The Morgan fingerprint density at radius 2 is 2.08 bits per heavy atom. The maximum absolute atomic E-state index is 8.80. The quantitative estimate of drug-likeness (QED) is 0.486. The molecule has 0 aliphatic carbocycles. The number of hydrogen-bond donors (Lipinski definition) is 2. The zero-order chi connectivity index (χ0) is 10.1. The number of thiol groups is 1. The topological polar surface area (TPSA) is 20.2 Å². The van der Waals surface area contributed by atoms with E-state index in [-0.39, 0.29) is 11.2 Å². The highest BCUT2D eigenvalue weighted by Gasteiger charge is 2.08. The molecule has 0 rings (SSSR count). The predicted octanol–water partition coefficient (Wildman–Crippen LogP) is 3.18. The Labute approximate surface area is 92.1 Å². The van der Waals surface area contributed by atoms with Crippen molar-refractivity contribution in [1.29, 1.82) is 0 Å². The van der Waals surface area contributed by atoms with E-state index in [9.17, 15) is 0 Å². The molecule has 0 saturated carbocycles. The van der Waals surface area contributed by atoms with Crippen LogP contribution in [0.15, 0.2) is 0 Å². The molecule has 1 N–H and O–H groups in total. The zero-order valence-corrected chi connectivity index (χ0v) is 10.4. The van der Waals surface area contributed by atoms with Gasteiger partial charge < -0.3 is 5.11 Å². The molecule has 0 aromatic rings. The molecule has 80 valence electrons. The van der Waals surface area contributed by atoms with Crippen molar-refractivity contribution in [3.8, 4) is 0 Å². The minimum Gasteiger partial charge on any atom is -0.394 e. The summed E-state index contributed by atoms with van der Waals surface area (Å²) in [6, 6.07) is 0. The monoisotopic (exact) mass is 222 g/mol. The van der Waals surface area contributed by atoms with Crippen molar-refractivity contribution >= 4 is 24.4 Å². The fraction of sp³-hybridized carbons (Fsp3) is 1.00. The fourth-order valence-electron chi connectivity index (χ4n) is 1.20. The summed E-state index contributed by atoms with van der Waals surface area (Å²) < 4.78 is 0.107. The van der Waals surface area contributed by atoms with Gasteiger partial charge in [0, 0.05) is 0 Å². The lowest BCUT2D eigenvalue weighted by Gasteiger charge is -2.15. The van der Waals surface area contributed by atoms with E-state index in [0.29, 0.717) is 0 Å². The van der Waals surface area contributed by atoms with Gasteiger partial charge in [0.25, 0.3) is 0 Å². The van der Waals surface area contributed by atoms with E-state index in [0.717, 1.165) is 11.7 Å². The largest absolute Gasteiger partial charge is 0.394 e. The van der Waals surface area contributed by atoms with Crippen LogP contribution < -0.4 is 0 Å². The summed E-state index contributed by atoms with van der Waals surface area (Å²) in [4.78, 5) is 0. The van der Waals surface area contributed by atoms with Crippen LogP contribution in [0, 0.1) is 5.92 Å². The van der Waals surface area contributed by atoms with Gasteiger partial charge in [0.1, 0.15) is 0 Å². The SMILES string of the molecule is CCCCC(CC)CSC(S)CO. The maximum Gasteiger partial charge on any atom is 0.0703 e. The van der Waals surface area contributed by atoms with Gasteiger partial charge in [-0.1, -0.05) is 33.1 Å². The van der Waals surface area contributed by atoms with E-state index < -0.39 is 0 Å². The van der Waals surface area contributed by atoms with Gasteiger partial charge in [-0.3, -0.25) is 0 Å². The second-order valence-electron chi connectivity index (χ2n) is 3.39. The summed E-state index contributed by atoms with van der Waals surface area (Å²) in [6.07, 6.45) is 5.19. The van der Waals surface area contributed by atoms with E-state index >= 15 is 0 Å². The number of thioether (sulfide) groups is 1. The van der Waals surface area contributed by atoms with Crippen LogP contribution in [0.3, 0.4) is 0 Å². The molecule has 0 fully saturated rings. The van der Waals surface area contributed by atoms with Crippen LogP contribution >= 0.6 is 24.4 Å². The molecule has 0 radical (unpaired) electrons. The Balaban J connectivity index is 3.46. The van der Waals surface area contributed by atoms with Crippen LogP contribution in [0.5, 0.6) is 0 Å². The second-order valence-corrected chi connectivity index (χ2v) is 5.60. The highest BCUT2D eigenvalue weighted by molar-refractivity contribution is 8.10. The number of aliphatic hydroxyl groups is 1. The third kappa shape index (κ3) is 7.71. The van der Waals surface area contributed by atoms with E-state index in [4.69, 9.17) is 5.11 Å². The van der Waals surface area contributed by atoms with Crippen molar-refractivity contribution in [3.05, 3.63) is 0 Å². The van der Waals surface area contributed by atoms with Gasteiger partial charge in [-0.15, -0.1) is 11.8 Å². The lowest BCUT2D eigenvalue weighted by Crippen LogP contribution is -2.07. The molecule has 0 aromatic heterocycles. The average molecular weight is 222 g/mol. The Hall–Kier alpha value is 0.660. The van der Waals surface area contributed by atoms with Crippen molar-refractivity contribution in [2.45, 2.75) is 44.1 Å². The normalized spacial score (nSPS) is 15.7. The maximum atomic E-state index is 8.80. The Morgan fingerprint density at radius 1 is 1.38 bits per heavy atom. The van der Waals surface area contributed by atoms with Gasteiger partial charge in [0.2, 0.25) is 0 Å². The van der Waals surface area contributed by atoms with Gasteiger partial charge in [-0.25, -0.2) is 0 Å². The number of rotatable bonds is 8. The molecule has 3 heteroatoms. The van der Waals surface area contributed by atoms with Crippen molar-refractivity contribution in [1.82, 2.24) is 0 Å². The first kappa shape index (κ1) is 13.7. The lowest BCUT2D eigenvalue weighted by molar-refractivity contribution is 0.316. The average Bonchev–Trinajstić information content (AvgIpc) is 2.17. The molecule has 2 unspecified atom stereocenters. The molecule has 2 atom stereocenters. The van der Waals surface area contributed by atoms with Crippen molar-refractivity contribution in [2.75, 3.05) is 12.4 Å². The standard InChI is InChI=1S/C10H22OS2/c1-3-5-6-9(4-2)8-13-10(12)7-11/h9-12H,3-8H2,1-2H3. The molecule has 0 aliphatic rings. The van der Waals surface area contributed by atoms with Crippen LogP contribution in [-0.4, -0.2) is 22.0 Å². The van der Waals surface area contributed by atoms with Crippen molar-refractivity contribution in [3.63, 3.8) is 0 Å². The molecule has 0 amide bonds. The highest BCUT2D eigenvalue weighted by atomic mass is 32.2. The number of hydrogen-bond acceptors (Lipinski definition) is 3. The van der Waals surface area contributed by atoms with Crippen LogP contribution in [0.2, 0.25) is 0 Å². The number of aliphatic hydroxyl groups excluding tert-OH is 1. The summed E-state index contributed by atoms with van der Waals surface area (Å²) in [5.74, 6) is 1.96. The summed E-state index contributed by atoms with van der Waals surface area (Å²) in [7, 11) is 0. The molecule has 0 aromatic carbocycles. The summed E-state index contributed by atoms with van der Waals surface area (Å²) in [5.41, 5.74) is 0. The van der Waals surface area contributed by atoms with Crippen LogP contribution in [-0.2, 0) is 0 Å². The van der Waals surface area contributed by atoms with Gasteiger partial charge in [0.05, 0.1) is 11.2 Å². The second kappa shape index (κ2) is 9.22. The van der Waals surface area contributed by atoms with E-state index in [1.807, 2.05) is 0 Å². The third-order valence-corrected chi connectivity index (χ3v) is 4.03. The first-order valence-electron chi connectivity index (χ1n) is 5.15. The van der Waals surface area contributed by atoms with Crippen molar-refractivity contribution < 1.29 is 5.11 Å². The van der Waals surface area contributed by atoms with Gasteiger partial charge >= 0.3 is 0 Å². The van der Waals surface area contributed by atoms with E-state index in [2.05, 4.69) is 26.5 Å². The van der Waals surface area contributed by atoms with Crippen LogP contribution in [0.1, 0.15) is 39.5 Å². The first-order chi connectivity index (χ1) is 6.24. The molecular formula is C10H22OS2. The van der Waals surface area contributed by atoms with Gasteiger partial charge in [-0.05, 0) is 18.1 Å². The van der Waals surface area contributed by atoms with Gasteiger partial charge in [0.15, 0.2) is 0 Å². The summed E-state index contributed by atoms with van der Waals surface area (Å²) in [6.45, 7) is 4.65. The third-order valence-electron chi connectivity index (χ3n) is 2.22. The van der Waals surface area contributed by atoms with E-state index in [1.165, 1.54) is 25.7 Å². The Morgan fingerprint density at radius 3 is 2.54 bits per heavy atom. The predicted molar refractivity (Wildman–Crippen MR) is 65.6 cm³/mol. The highest BCUT2D eigenvalue weighted by Crippen LogP contribution is 2.22. The van der Waals surface area contributed by atoms with Gasteiger partial charge in [-0.2, -0.15) is 12.6 Å². The molecule has 0 bridgehead atoms. The minimum absolute atomic E-state index is 0.107. The van der Waals surface area contributed by atoms with Crippen LogP contribution in [0.4, 0.5) is 0 Å².